The van der Waals surface area contributed by atoms with E-state index in [0.717, 1.165) is 6.42 Å². The van der Waals surface area contributed by atoms with Crippen molar-refractivity contribution >= 4 is 5.97 Å². The molecule has 0 aliphatic rings. The molecule has 0 bridgehead atoms. The summed E-state index contributed by atoms with van der Waals surface area (Å²) in [6.45, 7) is 8.43. The molecular formula is C10H20O3. The van der Waals surface area contributed by atoms with Crippen molar-refractivity contribution in [1.29, 1.82) is 0 Å². The molecule has 78 valence electrons. The Hall–Kier alpha value is -0.570. The Morgan fingerprint density at radius 3 is 2.15 bits per heavy atom. The van der Waals surface area contributed by atoms with E-state index >= 15 is 0 Å². The number of hydrogen-bond donors (Lipinski definition) is 1. The molecule has 3 nitrogen and oxygen atoms in total. The molecule has 1 unspecified atom stereocenters. The maximum absolute atomic E-state index is 10.7. The van der Waals surface area contributed by atoms with Crippen LogP contribution in [0.2, 0.25) is 0 Å². The topological polar surface area (TPSA) is 46.5 Å². The summed E-state index contributed by atoms with van der Waals surface area (Å²) in [6, 6.07) is 0. The van der Waals surface area contributed by atoms with E-state index in [1.165, 1.54) is 0 Å². The number of carboxylic acid groups (broad SMARTS) is 1. The van der Waals surface area contributed by atoms with Crippen molar-refractivity contribution in [3.8, 4) is 0 Å². The van der Waals surface area contributed by atoms with Crippen molar-refractivity contribution in [2.45, 2.75) is 40.2 Å². The van der Waals surface area contributed by atoms with Gasteiger partial charge in [0.2, 0.25) is 0 Å². The molecule has 1 atom stereocenters. The van der Waals surface area contributed by atoms with E-state index in [9.17, 15) is 4.79 Å². The van der Waals surface area contributed by atoms with Crippen LogP contribution in [0.15, 0.2) is 0 Å². The van der Waals surface area contributed by atoms with Crippen LogP contribution in [0.3, 0.4) is 0 Å². The van der Waals surface area contributed by atoms with Crippen LogP contribution in [0.1, 0.15) is 34.1 Å². The van der Waals surface area contributed by atoms with Crippen LogP contribution in [-0.2, 0) is 9.53 Å². The van der Waals surface area contributed by atoms with E-state index in [4.69, 9.17) is 9.84 Å². The van der Waals surface area contributed by atoms with Gasteiger partial charge in [0.25, 0.3) is 0 Å². The highest BCUT2D eigenvalue weighted by molar-refractivity contribution is 5.72. The van der Waals surface area contributed by atoms with Crippen molar-refractivity contribution < 1.29 is 14.6 Å². The fraction of sp³-hybridized carbons (Fsp3) is 0.900. The van der Waals surface area contributed by atoms with Crippen LogP contribution >= 0.6 is 0 Å². The summed E-state index contributed by atoms with van der Waals surface area (Å²) in [5.41, 5.74) is 0. The van der Waals surface area contributed by atoms with Crippen molar-refractivity contribution in [3.05, 3.63) is 0 Å². The third kappa shape index (κ3) is 5.64. The first-order valence-corrected chi connectivity index (χ1v) is 4.79. The Kier molecular flexibility index (Phi) is 5.71. The van der Waals surface area contributed by atoms with E-state index < -0.39 is 12.1 Å². The standard InChI is InChI=1S/C10H20O3/c1-7(2)5-6-13-9(8(3)4)10(11)12/h7-9H,5-6H2,1-4H3,(H,11,12). The zero-order valence-corrected chi connectivity index (χ0v) is 8.91. The van der Waals surface area contributed by atoms with Gasteiger partial charge >= 0.3 is 5.97 Å². The first-order valence-electron chi connectivity index (χ1n) is 4.79. The van der Waals surface area contributed by atoms with Gasteiger partial charge < -0.3 is 9.84 Å². The SMILES string of the molecule is CC(C)CCOC(C(=O)O)C(C)C. The second-order valence-electron chi connectivity index (χ2n) is 4.06. The molecule has 1 N–H and O–H groups in total. The lowest BCUT2D eigenvalue weighted by Gasteiger charge is -2.17. The third-order valence-corrected chi connectivity index (χ3v) is 1.84. The van der Waals surface area contributed by atoms with Crippen molar-refractivity contribution in [1.82, 2.24) is 0 Å². The maximum Gasteiger partial charge on any atom is 0.333 e. The average molecular weight is 188 g/mol. The highest BCUT2D eigenvalue weighted by Gasteiger charge is 2.21. The fourth-order valence-electron chi connectivity index (χ4n) is 0.980. The normalized spacial score (nSPS) is 13.7. The molecule has 0 saturated heterocycles. The monoisotopic (exact) mass is 188 g/mol. The largest absolute Gasteiger partial charge is 0.479 e. The second kappa shape index (κ2) is 5.97. The molecule has 0 aliphatic carbocycles. The summed E-state index contributed by atoms with van der Waals surface area (Å²) < 4.78 is 5.28. The first kappa shape index (κ1) is 12.4. The van der Waals surface area contributed by atoms with Crippen molar-refractivity contribution in [2.75, 3.05) is 6.61 Å². The number of carbonyl (C=O) groups is 1. The number of rotatable bonds is 6. The molecular weight excluding hydrogens is 168 g/mol. The van der Waals surface area contributed by atoms with Crippen LogP contribution in [0, 0.1) is 11.8 Å². The van der Waals surface area contributed by atoms with E-state index in [-0.39, 0.29) is 5.92 Å². The maximum atomic E-state index is 10.7. The molecule has 0 aliphatic heterocycles. The predicted octanol–water partition coefficient (Wildman–Crippen LogP) is 2.16. The van der Waals surface area contributed by atoms with Crippen molar-refractivity contribution in [3.63, 3.8) is 0 Å². The van der Waals surface area contributed by atoms with E-state index in [1.807, 2.05) is 13.8 Å². The lowest BCUT2D eigenvalue weighted by molar-refractivity contribution is -0.153. The highest BCUT2D eigenvalue weighted by Crippen LogP contribution is 2.09. The minimum Gasteiger partial charge on any atom is -0.479 e. The number of carboxylic acids is 1. The molecule has 3 heteroatoms. The van der Waals surface area contributed by atoms with E-state index in [1.54, 1.807) is 0 Å². The Bertz CT molecular complexity index is 152. The zero-order valence-electron chi connectivity index (χ0n) is 8.91. The lowest BCUT2D eigenvalue weighted by atomic mass is 10.1. The average Bonchev–Trinajstić information content (AvgIpc) is 1.95. The summed E-state index contributed by atoms with van der Waals surface area (Å²) in [4.78, 5) is 10.7. The summed E-state index contributed by atoms with van der Waals surface area (Å²) in [5, 5.41) is 8.78. The van der Waals surface area contributed by atoms with Gasteiger partial charge in [0.1, 0.15) is 0 Å². The minimum atomic E-state index is -0.862. The summed E-state index contributed by atoms with van der Waals surface area (Å²) in [6.07, 6.45) is 0.259. The van der Waals surface area contributed by atoms with Crippen LogP contribution in [0.25, 0.3) is 0 Å². The van der Waals surface area contributed by atoms with E-state index in [2.05, 4.69) is 13.8 Å². The van der Waals surface area contributed by atoms with Crippen LogP contribution in [-0.4, -0.2) is 23.8 Å². The van der Waals surface area contributed by atoms with Crippen molar-refractivity contribution in [2.24, 2.45) is 11.8 Å². The molecule has 0 spiro atoms. The van der Waals surface area contributed by atoms with Crippen LogP contribution in [0.4, 0.5) is 0 Å². The molecule has 0 amide bonds. The Morgan fingerprint density at radius 2 is 1.85 bits per heavy atom. The molecule has 0 aromatic rings. The smallest absolute Gasteiger partial charge is 0.333 e. The van der Waals surface area contributed by atoms with Gasteiger partial charge in [0.15, 0.2) is 6.10 Å². The molecule has 0 heterocycles. The molecule has 0 aromatic carbocycles. The first-order chi connectivity index (χ1) is 5.95. The summed E-state index contributed by atoms with van der Waals surface area (Å²) in [7, 11) is 0. The quantitative estimate of drug-likeness (QED) is 0.694. The second-order valence-corrected chi connectivity index (χ2v) is 4.06. The van der Waals surface area contributed by atoms with Gasteiger partial charge in [0.05, 0.1) is 0 Å². The van der Waals surface area contributed by atoms with Gasteiger partial charge in [-0.25, -0.2) is 4.79 Å². The fourth-order valence-corrected chi connectivity index (χ4v) is 0.980. The van der Waals surface area contributed by atoms with Gasteiger partial charge in [-0.1, -0.05) is 27.7 Å². The number of aliphatic carboxylic acids is 1. The molecule has 0 rings (SSSR count). The third-order valence-electron chi connectivity index (χ3n) is 1.84. The van der Waals surface area contributed by atoms with Crippen LogP contribution < -0.4 is 0 Å². The molecule has 0 fully saturated rings. The summed E-state index contributed by atoms with van der Waals surface area (Å²) in [5.74, 6) is -0.273. The highest BCUT2D eigenvalue weighted by atomic mass is 16.5. The molecule has 13 heavy (non-hydrogen) atoms. The summed E-state index contributed by atoms with van der Waals surface area (Å²) >= 11 is 0. The van der Waals surface area contributed by atoms with Gasteiger partial charge in [-0.3, -0.25) is 0 Å². The Labute approximate surface area is 80.1 Å². The molecule has 0 radical (unpaired) electrons. The van der Waals surface area contributed by atoms with Gasteiger partial charge in [-0.05, 0) is 18.3 Å². The van der Waals surface area contributed by atoms with Crippen LogP contribution in [0.5, 0.6) is 0 Å². The van der Waals surface area contributed by atoms with Gasteiger partial charge in [0, 0.05) is 6.61 Å². The van der Waals surface area contributed by atoms with Gasteiger partial charge in [-0.15, -0.1) is 0 Å². The Morgan fingerprint density at radius 1 is 1.31 bits per heavy atom. The van der Waals surface area contributed by atoms with E-state index in [0.29, 0.717) is 12.5 Å². The number of hydrogen-bond acceptors (Lipinski definition) is 2. The molecule has 0 aromatic heterocycles. The Balaban J connectivity index is 3.77. The predicted molar refractivity (Wildman–Crippen MR) is 51.7 cm³/mol. The zero-order chi connectivity index (χ0) is 10.4. The van der Waals surface area contributed by atoms with Gasteiger partial charge in [-0.2, -0.15) is 0 Å². The lowest BCUT2D eigenvalue weighted by Crippen LogP contribution is -2.29. The molecule has 0 saturated carbocycles. The minimum absolute atomic E-state index is 0.0321. The number of ether oxygens (including phenoxy) is 1.